The molecule has 0 aliphatic rings. The normalized spacial score (nSPS) is 13.3. The van der Waals surface area contributed by atoms with Crippen LogP contribution in [0.1, 0.15) is 32.4 Å². The van der Waals surface area contributed by atoms with Crippen LogP contribution in [0.4, 0.5) is 4.79 Å². The second kappa shape index (κ2) is 6.95. The predicted molar refractivity (Wildman–Crippen MR) is 74.8 cm³/mol. The Balaban J connectivity index is 2.76. The number of nitrogens with one attached hydrogen (secondary N) is 1. The molecule has 0 fully saturated rings. The van der Waals surface area contributed by atoms with Crippen molar-refractivity contribution in [3.63, 3.8) is 0 Å². The second-order valence-electron chi connectivity index (χ2n) is 5.15. The first-order valence-corrected chi connectivity index (χ1v) is 6.24. The molecule has 0 bridgehead atoms. The minimum Gasteiger partial charge on any atom is -0.444 e. The van der Waals surface area contributed by atoms with E-state index >= 15 is 0 Å². The molecule has 0 aliphatic heterocycles. The van der Waals surface area contributed by atoms with Gasteiger partial charge in [0.25, 0.3) is 0 Å². The van der Waals surface area contributed by atoms with Gasteiger partial charge in [0.1, 0.15) is 5.60 Å². The van der Waals surface area contributed by atoms with Crippen molar-refractivity contribution in [3.05, 3.63) is 48.0 Å². The lowest BCUT2D eigenvalue weighted by Crippen LogP contribution is -2.34. The van der Waals surface area contributed by atoms with Gasteiger partial charge in [0.15, 0.2) is 0 Å². The van der Waals surface area contributed by atoms with Crippen LogP contribution < -0.4 is 5.32 Å². The minimum absolute atomic E-state index is 0.0701. The molecule has 1 aromatic carbocycles. The molecule has 1 atom stereocenters. The van der Waals surface area contributed by atoms with Crippen LogP contribution in [-0.4, -0.2) is 23.4 Å². The Kier molecular flexibility index (Phi) is 5.57. The summed E-state index contributed by atoms with van der Waals surface area (Å²) in [5.74, 6) is 0. The fourth-order valence-corrected chi connectivity index (χ4v) is 1.53. The Morgan fingerprint density at radius 1 is 1.37 bits per heavy atom. The summed E-state index contributed by atoms with van der Waals surface area (Å²) >= 11 is 0. The molecule has 0 spiro atoms. The number of benzene rings is 1. The van der Waals surface area contributed by atoms with Crippen LogP contribution in [0.2, 0.25) is 0 Å². The topological polar surface area (TPSA) is 58.6 Å². The Morgan fingerprint density at radius 2 is 2.00 bits per heavy atom. The number of carbonyl (C=O) groups is 1. The van der Waals surface area contributed by atoms with Crippen LogP contribution in [0, 0.1) is 0 Å². The smallest absolute Gasteiger partial charge is 0.408 e. The quantitative estimate of drug-likeness (QED) is 0.821. The fraction of sp³-hybridized carbons (Fsp3) is 0.400. The highest BCUT2D eigenvalue weighted by Gasteiger charge is 2.18. The highest BCUT2D eigenvalue weighted by Crippen LogP contribution is 2.15. The molecule has 1 amide bonds. The maximum absolute atomic E-state index is 11.8. The summed E-state index contributed by atoms with van der Waals surface area (Å²) < 4.78 is 5.22. The summed E-state index contributed by atoms with van der Waals surface area (Å²) in [6, 6.07) is 9.19. The average molecular weight is 263 g/mol. The molecule has 0 aromatic heterocycles. The summed E-state index contributed by atoms with van der Waals surface area (Å²) in [4.78, 5) is 11.8. The van der Waals surface area contributed by atoms with Gasteiger partial charge < -0.3 is 15.2 Å². The number of amides is 1. The lowest BCUT2D eigenvalue weighted by Gasteiger charge is -2.22. The second-order valence-corrected chi connectivity index (χ2v) is 5.15. The molecular weight excluding hydrogens is 242 g/mol. The van der Waals surface area contributed by atoms with Gasteiger partial charge >= 0.3 is 6.09 Å². The number of carbonyl (C=O) groups excluding carboxylic acids is 1. The van der Waals surface area contributed by atoms with Crippen LogP contribution >= 0.6 is 0 Å². The van der Waals surface area contributed by atoms with E-state index in [9.17, 15) is 4.79 Å². The van der Waals surface area contributed by atoms with Gasteiger partial charge in [0.05, 0.1) is 12.6 Å². The van der Waals surface area contributed by atoms with Crippen molar-refractivity contribution in [2.75, 3.05) is 6.61 Å². The number of hydrogen-bond donors (Lipinski definition) is 2. The molecule has 1 rings (SSSR count). The molecule has 0 aliphatic carbocycles. The summed E-state index contributed by atoms with van der Waals surface area (Å²) in [5.41, 5.74) is 0.393. The molecule has 0 saturated heterocycles. The third-order valence-electron chi connectivity index (χ3n) is 2.26. The van der Waals surface area contributed by atoms with Gasteiger partial charge in [-0.3, -0.25) is 0 Å². The third-order valence-corrected chi connectivity index (χ3v) is 2.26. The standard InChI is InChI=1S/C15H21NO3/c1-15(2,3)19-14(18)16-13(10-7-11-17)12-8-5-4-6-9-12/h4-10,13,17H,11H2,1-3H3,(H,16,18)/b10-7+/t13-/m1/s1. The number of aliphatic hydroxyl groups is 1. The number of aliphatic hydroxyl groups excluding tert-OH is 1. The Bertz CT molecular complexity index is 421. The molecule has 19 heavy (non-hydrogen) atoms. The first-order chi connectivity index (χ1) is 8.92. The molecule has 4 heteroatoms. The zero-order valence-corrected chi connectivity index (χ0v) is 11.6. The molecule has 1 aromatic rings. The zero-order chi connectivity index (χ0) is 14.3. The number of hydrogen-bond acceptors (Lipinski definition) is 3. The van der Waals surface area contributed by atoms with Gasteiger partial charge in [-0.2, -0.15) is 0 Å². The Hall–Kier alpha value is -1.81. The van der Waals surface area contributed by atoms with Crippen molar-refractivity contribution in [2.45, 2.75) is 32.4 Å². The van der Waals surface area contributed by atoms with Gasteiger partial charge in [0, 0.05) is 0 Å². The summed E-state index contributed by atoms with van der Waals surface area (Å²) in [6.07, 6.45) is 2.85. The van der Waals surface area contributed by atoms with Crippen molar-refractivity contribution >= 4 is 6.09 Å². The lowest BCUT2D eigenvalue weighted by molar-refractivity contribution is 0.0513. The van der Waals surface area contributed by atoms with Crippen LogP contribution in [0.3, 0.4) is 0 Å². The van der Waals surface area contributed by atoms with Crippen LogP contribution in [0.25, 0.3) is 0 Å². The molecule has 4 nitrogen and oxygen atoms in total. The van der Waals surface area contributed by atoms with Crippen molar-refractivity contribution < 1.29 is 14.6 Å². The van der Waals surface area contributed by atoms with E-state index in [1.165, 1.54) is 0 Å². The number of alkyl carbamates (subject to hydrolysis) is 1. The van der Waals surface area contributed by atoms with E-state index in [1.807, 2.05) is 51.1 Å². The van der Waals surface area contributed by atoms with E-state index in [0.29, 0.717) is 0 Å². The molecule has 0 radical (unpaired) electrons. The van der Waals surface area contributed by atoms with Crippen LogP contribution in [0.5, 0.6) is 0 Å². The highest BCUT2D eigenvalue weighted by molar-refractivity contribution is 5.68. The number of ether oxygens (including phenoxy) is 1. The van der Waals surface area contributed by atoms with Gasteiger partial charge in [-0.05, 0) is 26.3 Å². The highest BCUT2D eigenvalue weighted by atomic mass is 16.6. The van der Waals surface area contributed by atoms with E-state index in [1.54, 1.807) is 12.2 Å². The van der Waals surface area contributed by atoms with E-state index in [0.717, 1.165) is 5.56 Å². The minimum atomic E-state index is -0.536. The third kappa shape index (κ3) is 6.06. The predicted octanol–water partition coefficient (Wildman–Crippen LogP) is 2.80. The number of rotatable bonds is 4. The monoisotopic (exact) mass is 263 g/mol. The Labute approximate surface area is 114 Å². The van der Waals surface area contributed by atoms with Gasteiger partial charge in [0.2, 0.25) is 0 Å². The van der Waals surface area contributed by atoms with Crippen molar-refractivity contribution in [1.29, 1.82) is 0 Å². The van der Waals surface area contributed by atoms with Crippen molar-refractivity contribution in [3.8, 4) is 0 Å². The molecule has 0 unspecified atom stereocenters. The molecule has 2 N–H and O–H groups in total. The van der Waals surface area contributed by atoms with Crippen LogP contribution in [-0.2, 0) is 4.74 Å². The molecular formula is C15H21NO3. The fourth-order valence-electron chi connectivity index (χ4n) is 1.53. The summed E-state index contributed by atoms with van der Waals surface area (Å²) in [6.45, 7) is 5.37. The Morgan fingerprint density at radius 3 is 2.53 bits per heavy atom. The lowest BCUT2D eigenvalue weighted by atomic mass is 10.1. The average Bonchev–Trinajstić information content (AvgIpc) is 2.33. The SMILES string of the molecule is CC(C)(C)OC(=O)N[C@H](/C=C/CO)c1ccccc1. The zero-order valence-electron chi connectivity index (χ0n) is 11.6. The summed E-state index contributed by atoms with van der Waals surface area (Å²) in [7, 11) is 0. The van der Waals surface area contributed by atoms with Gasteiger partial charge in [-0.1, -0.05) is 42.5 Å². The first-order valence-electron chi connectivity index (χ1n) is 6.24. The van der Waals surface area contributed by atoms with E-state index in [4.69, 9.17) is 9.84 Å². The first kappa shape index (κ1) is 15.2. The van der Waals surface area contributed by atoms with Crippen LogP contribution in [0.15, 0.2) is 42.5 Å². The van der Waals surface area contributed by atoms with E-state index < -0.39 is 11.7 Å². The van der Waals surface area contributed by atoms with Crippen molar-refractivity contribution in [2.24, 2.45) is 0 Å². The molecule has 0 saturated carbocycles. The molecule has 0 heterocycles. The maximum atomic E-state index is 11.8. The molecule has 104 valence electrons. The van der Waals surface area contributed by atoms with E-state index in [2.05, 4.69) is 5.32 Å². The van der Waals surface area contributed by atoms with Crippen molar-refractivity contribution in [1.82, 2.24) is 5.32 Å². The van der Waals surface area contributed by atoms with Gasteiger partial charge in [-0.15, -0.1) is 0 Å². The van der Waals surface area contributed by atoms with E-state index in [-0.39, 0.29) is 12.6 Å². The van der Waals surface area contributed by atoms with Gasteiger partial charge in [-0.25, -0.2) is 4.79 Å². The summed E-state index contributed by atoms with van der Waals surface area (Å²) in [5, 5.41) is 11.6. The maximum Gasteiger partial charge on any atom is 0.408 e. The largest absolute Gasteiger partial charge is 0.444 e.